The summed E-state index contributed by atoms with van der Waals surface area (Å²) in [5.41, 5.74) is 4.96. The summed E-state index contributed by atoms with van der Waals surface area (Å²) in [5, 5.41) is 9.97. The summed E-state index contributed by atoms with van der Waals surface area (Å²) in [6.07, 6.45) is 0.249. The lowest BCUT2D eigenvalue weighted by Gasteiger charge is -2.16. The van der Waals surface area contributed by atoms with Crippen molar-refractivity contribution in [1.29, 1.82) is 0 Å². The first-order valence-electron chi connectivity index (χ1n) is 6.73. The largest absolute Gasteiger partial charge is 0.390 e. The fourth-order valence-electron chi connectivity index (χ4n) is 2.10. The second kappa shape index (κ2) is 6.34. The van der Waals surface area contributed by atoms with Crippen LogP contribution in [-0.2, 0) is 9.47 Å². The topological polar surface area (TPSA) is 99.6 Å². The number of aliphatic hydroxyl groups is 1. The highest BCUT2D eigenvalue weighted by molar-refractivity contribution is 5.23. The van der Waals surface area contributed by atoms with Crippen molar-refractivity contribution in [2.75, 3.05) is 18.9 Å². The number of aromatic nitrogens is 2. The van der Waals surface area contributed by atoms with Gasteiger partial charge in [0.15, 0.2) is 0 Å². The zero-order chi connectivity index (χ0) is 14.7. The maximum absolute atomic E-state index is 11.7. The second-order valence-electron chi connectivity index (χ2n) is 5.41. The van der Waals surface area contributed by atoms with Crippen LogP contribution in [0, 0.1) is 5.92 Å². The summed E-state index contributed by atoms with van der Waals surface area (Å²) in [4.78, 5) is 15.4. The van der Waals surface area contributed by atoms with Crippen LogP contribution in [0.25, 0.3) is 0 Å². The minimum atomic E-state index is -0.656. The van der Waals surface area contributed by atoms with Gasteiger partial charge in [0.25, 0.3) is 0 Å². The van der Waals surface area contributed by atoms with Crippen molar-refractivity contribution in [3.8, 4) is 0 Å². The van der Waals surface area contributed by atoms with Crippen LogP contribution in [0.4, 0.5) is 5.82 Å². The van der Waals surface area contributed by atoms with Gasteiger partial charge in [-0.2, -0.15) is 4.98 Å². The quantitative estimate of drug-likeness (QED) is 0.797. The second-order valence-corrected chi connectivity index (χ2v) is 5.41. The third kappa shape index (κ3) is 3.56. The maximum Gasteiger partial charge on any atom is 0.351 e. The highest BCUT2D eigenvalue weighted by atomic mass is 16.6. The lowest BCUT2D eigenvalue weighted by Crippen LogP contribution is -2.28. The van der Waals surface area contributed by atoms with E-state index in [2.05, 4.69) is 4.98 Å². The van der Waals surface area contributed by atoms with Crippen molar-refractivity contribution in [2.24, 2.45) is 5.92 Å². The molecule has 0 unspecified atom stereocenters. The van der Waals surface area contributed by atoms with Crippen LogP contribution in [0.3, 0.4) is 0 Å². The summed E-state index contributed by atoms with van der Waals surface area (Å²) in [7, 11) is 0. The fraction of sp³-hybridized carbons (Fsp3) is 0.692. The molecule has 1 aromatic rings. The number of anilines is 1. The first-order chi connectivity index (χ1) is 9.47. The molecule has 0 aliphatic carbocycles. The number of hydrogen-bond acceptors (Lipinski definition) is 6. The summed E-state index contributed by atoms with van der Waals surface area (Å²) < 4.78 is 12.5. The van der Waals surface area contributed by atoms with E-state index < -0.39 is 24.1 Å². The van der Waals surface area contributed by atoms with Gasteiger partial charge in [-0.25, -0.2) is 4.79 Å². The van der Waals surface area contributed by atoms with Crippen molar-refractivity contribution in [2.45, 2.75) is 38.7 Å². The Morgan fingerprint density at radius 3 is 3.05 bits per heavy atom. The van der Waals surface area contributed by atoms with Crippen molar-refractivity contribution >= 4 is 5.82 Å². The van der Waals surface area contributed by atoms with Crippen LogP contribution in [0.2, 0.25) is 0 Å². The van der Waals surface area contributed by atoms with Gasteiger partial charge in [0.05, 0.1) is 12.7 Å². The summed E-state index contributed by atoms with van der Waals surface area (Å²) in [5.74, 6) is 0.592. The van der Waals surface area contributed by atoms with E-state index in [4.69, 9.17) is 15.2 Å². The molecular formula is C13H21N3O4. The normalized spacial score (nSPS) is 26.3. The number of nitrogen functional groups attached to an aromatic ring is 1. The SMILES string of the molecule is CC(C)COC[C@H]1O[C@@H](n2ccc(N)nc2=O)C[C@@H]1O. The van der Waals surface area contributed by atoms with E-state index in [0.717, 1.165) is 0 Å². The van der Waals surface area contributed by atoms with Crippen LogP contribution < -0.4 is 11.4 Å². The Bertz CT molecular complexity index is 503. The minimum absolute atomic E-state index is 0.168. The van der Waals surface area contributed by atoms with Gasteiger partial charge in [-0.15, -0.1) is 0 Å². The van der Waals surface area contributed by atoms with Gasteiger partial charge in [0.2, 0.25) is 0 Å². The van der Waals surface area contributed by atoms with E-state index in [1.54, 1.807) is 0 Å². The first-order valence-corrected chi connectivity index (χ1v) is 6.73. The summed E-state index contributed by atoms with van der Waals surface area (Å²) in [6, 6.07) is 1.53. The Morgan fingerprint density at radius 1 is 1.65 bits per heavy atom. The lowest BCUT2D eigenvalue weighted by molar-refractivity contribution is -0.0666. The van der Waals surface area contributed by atoms with Gasteiger partial charge in [0.1, 0.15) is 18.1 Å². The molecule has 3 atom stereocenters. The number of nitrogens with zero attached hydrogens (tertiary/aromatic N) is 2. The third-order valence-electron chi connectivity index (χ3n) is 3.10. The number of rotatable bonds is 5. The number of nitrogens with two attached hydrogens (primary N) is 1. The van der Waals surface area contributed by atoms with E-state index >= 15 is 0 Å². The van der Waals surface area contributed by atoms with E-state index in [9.17, 15) is 9.90 Å². The van der Waals surface area contributed by atoms with Crippen molar-refractivity contribution in [3.63, 3.8) is 0 Å². The molecule has 1 aliphatic heterocycles. The Labute approximate surface area is 117 Å². The van der Waals surface area contributed by atoms with E-state index in [1.807, 2.05) is 13.8 Å². The molecule has 0 spiro atoms. The Morgan fingerprint density at radius 2 is 2.40 bits per heavy atom. The molecule has 2 heterocycles. The van der Waals surface area contributed by atoms with Gasteiger partial charge in [-0.1, -0.05) is 13.8 Å². The molecule has 3 N–H and O–H groups in total. The van der Waals surface area contributed by atoms with Crippen LogP contribution in [0.5, 0.6) is 0 Å². The van der Waals surface area contributed by atoms with Crippen LogP contribution in [0.1, 0.15) is 26.5 Å². The molecule has 1 aromatic heterocycles. The zero-order valence-corrected chi connectivity index (χ0v) is 11.7. The maximum atomic E-state index is 11.7. The molecule has 112 valence electrons. The molecule has 0 amide bonds. The predicted octanol–water partition coefficient (Wildman–Crippen LogP) is 0.147. The highest BCUT2D eigenvalue weighted by Gasteiger charge is 2.35. The van der Waals surface area contributed by atoms with Crippen molar-refractivity contribution in [3.05, 3.63) is 22.7 Å². The third-order valence-corrected chi connectivity index (χ3v) is 3.10. The summed E-state index contributed by atoms with van der Waals surface area (Å²) >= 11 is 0. The monoisotopic (exact) mass is 283 g/mol. The molecule has 1 fully saturated rings. The highest BCUT2D eigenvalue weighted by Crippen LogP contribution is 2.27. The molecule has 20 heavy (non-hydrogen) atoms. The van der Waals surface area contributed by atoms with Gasteiger partial charge in [-0.05, 0) is 12.0 Å². The van der Waals surface area contributed by atoms with Crippen molar-refractivity contribution in [1.82, 2.24) is 9.55 Å². The molecule has 0 radical (unpaired) electrons. The van der Waals surface area contributed by atoms with Crippen LogP contribution in [-0.4, -0.2) is 40.1 Å². The van der Waals surface area contributed by atoms with E-state index in [0.29, 0.717) is 25.6 Å². The summed E-state index contributed by atoms with van der Waals surface area (Å²) in [6.45, 7) is 5.02. The molecule has 0 bridgehead atoms. The molecule has 7 nitrogen and oxygen atoms in total. The standard InChI is InChI=1S/C13H21N3O4/c1-8(2)6-19-7-10-9(17)5-12(20-10)16-4-3-11(14)15-13(16)18/h3-4,8-10,12,17H,5-7H2,1-2H3,(H2,14,15,18)/t9-,10+,12+/m0/s1. The smallest absolute Gasteiger partial charge is 0.351 e. The molecule has 0 saturated carbocycles. The molecular weight excluding hydrogens is 262 g/mol. The van der Waals surface area contributed by atoms with Gasteiger partial charge in [0, 0.05) is 19.2 Å². The Hall–Kier alpha value is -1.44. The van der Waals surface area contributed by atoms with E-state index in [-0.39, 0.29) is 5.82 Å². The molecule has 1 aliphatic rings. The molecule has 0 aromatic carbocycles. The average Bonchev–Trinajstić information content (AvgIpc) is 2.70. The average molecular weight is 283 g/mol. The predicted molar refractivity (Wildman–Crippen MR) is 73.1 cm³/mol. The molecule has 1 saturated heterocycles. The van der Waals surface area contributed by atoms with Crippen molar-refractivity contribution < 1.29 is 14.6 Å². The van der Waals surface area contributed by atoms with Crippen LogP contribution >= 0.6 is 0 Å². The van der Waals surface area contributed by atoms with Crippen LogP contribution in [0.15, 0.2) is 17.1 Å². The molecule has 2 rings (SSSR count). The first kappa shape index (κ1) is 15.0. The number of hydrogen-bond donors (Lipinski definition) is 2. The Balaban J connectivity index is 1.97. The fourth-order valence-corrected chi connectivity index (χ4v) is 2.10. The number of aliphatic hydroxyl groups excluding tert-OH is 1. The molecule has 7 heteroatoms. The van der Waals surface area contributed by atoms with E-state index in [1.165, 1.54) is 16.8 Å². The Kier molecular flexibility index (Phi) is 4.74. The zero-order valence-electron chi connectivity index (χ0n) is 11.7. The lowest BCUT2D eigenvalue weighted by atomic mass is 10.2. The number of ether oxygens (including phenoxy) is 2. The van der Waals surface area contributed by atoms with Gasteiger partial charge >= 0.3 is 5.69 Å². The van der Waals surface area contributed by atoms with Gasteiger partial charge < -0.3 is 20.3 Å². The van der Waals surface area contributed by atoms with Gasteiger partial charge in [-0.3, -0.25) is 4.57 Å². The minimum Gasteiger partial charge on any atom is -0.390 e.